The Hall–Kier alpha value is -0.480. The molecule has 4 aliphatic carbocycles. The number of aliphatic hydroxyl groups is 2. The molecule has 0 amide bonds. The van der Waals surface area contributed by atoms with E-state index in [0.29, 0.717) is 30.1 Å². The van der Waals surface area contributed by atoms with E-state index in [4.69, 9.17) is 0 Å². The van der Waals surface area contributed by atoms with Gasteiger partial charge in [-0.05, 0) is 106 Å². The fourth-order valence-corrected chi connectivity index (χ4v) is 7.89. The average molecular weight is 441 g/mol. The van der Waals surface area contributed by atoms with Crippen molar-refractivity contribution in [2.75, 3.05) is 0 Å². The molecule has 31 heavy (non-hydrogen) atoms. The Morgan fingerprint density at radius 3 is 2.35 bits per heavy atom. The fourth-order valence-electron chi connectivity index (χ4n) is 7.89. The topological polar surface area (TPSA) is 40.5 Å². The molecule has 0 spiro atoms. The van der Waals surface area contributed by atoms with E-state index >= 15 is 0 Å². The zero-order valence-corrected chi connectivity index (χ0v) is 20.7. The predicted octanol–water partition coefficient (Wildman–Crippen LogP) is 7.14. The summed E-state index contributed by atoms with van der Waals surface area (Å²) < 4.78 is 28.8. The van der Waals surface area contributed by atoms with Crippen molar-refractivity contribution in [2.45, 2.75) is 123 Å². The normalized spacial score (nSPS) is 42.5. The third kappa shape index (κ3) is 4.25. The van der Waals surface area contributed by atoms with Gasteiger partial charge in [0.1, 0.15) is 5.60 Å². The molecule has 2 N–H and O–H groups in total. The van der Waals surface area contributed by atoms with E-state index in [1.54, 1.807) is 0 Å². The van der Waals surface area contributed by atoms with E-state index in [0.717, 1.165) is 44.9 Å². The molecule has 0 radical (unpaired) electrons. The van der Waals surface area contributed by atoms with Gasteiger partial charge in [0.05, 0.1) is 6.10 Å². The Kier molecular flexibility index (Phi) is 7.06. The van der Waals surface area contributed by atoms with E-state index in [1.807, 2.05) is 13.8 Å². The van der Waals surface area contributed by atoms with E-state index in [-0.39, 0.29) is 23.4 Å². The standard InChI is InChI=1S/C25H40F2O2.C2H6/c1-22(2,29)25(26,27)14-9-16-6-8-20-19-7-5-17-15-18(28)10-12-24(17,4)21(19)11-13-23(16,20)3;1-2/h5,16,18-21,28-29H,6-15H2,1-4H3;1-2H3/t16-,18?,19?,20?,21?,23-,24?;/m1./s1. The summed E-state index contributed by atoms with van der Waals surface area (Å²) in [5.74, 6) is -0.712. The largest absolute Gasteiger partial charge is 0.393 e. The third-order valence-electron chi connectivity index (χ3n) is 9.98. The Labute approximate surface area is 188 Å². The lowest BCUT2D eigenvalue weighted by atomic mass is 9.47. The van der Waals surface area contributed by atoms with Crippen LogP contribution in [0.2, 0.25) is 0 Å². The van der Waals surface area contributed by atoms with Crippen LogP contribution in [0.1, 0.15) is 106 Å². The summed E-state index contributed by atoms with van der Waals surface area (Å²) >= 11 is 0. The predicted molar refractivity (Wildman–Crippen MR) is 123 cm³/mol. The van der Waals surface area contributed by atoms with Crippen molar-refractivity contribution >= 4 is 0 Å². The molecule has 0 heterocycles. The van der Waals surface area contributed by atoms with Crippen LogP contribution in [-0.4, -0.2) is 27.8 Å². The first-order chi connectivity index (χ1) is 14.4. The maximum atomic E-state index is 14.4. The van der Waals surface area contributed by atoms with Crippen LogP contribution < -0.4 is 0 Å². The second kappa shape index (κ2) is 8.70. The van der Waals surface area contributed by atoms with Crippen molar-refractivity contribution in [3.05, 3.63) is 11.6 Å². The van der Waals surface area contributed by atoms with E-state index in [9.17, 15) is 19.0 Å². The molecule has 4 aliphatic rings. The van der Waals surface area contributed by atoms with Crippen LogP contribution in [0.4, 0.5) is 8.78 Å². The maximum Gasteiger partial charge on any atom is 0.275 e. The first-order valence-electron chi connectivity index (χ1n) is 12.9. The summed E-state index contributed by atoms with van der Waals surface area (Å²) in [5.41, 5.74) is -0.0725. The minimum atomic E-state index is -3.03. The van der Waals surface area contributed by atoms with Gasteiger partial charge in [0, 0.05) is 6.42 Å². The van der Waals surface area contributed by atoms with Gasteiger partial charge in [0.2, 0.25) is 0 Å². The van der Waals surface area contributed by atoms with Crippen LogP contribution in [0.15, 0.2) is 11.6 Å². The van der Waals surface area contributed by atoms with E-state index in [1.165, 1.54) is 25.8 Å². The number of allylic oxidation sites excluding steroid dienone is 1. The Balaban J connectivity index is 0.00000132. The summed E-state index contributed by atoms with van der Waals surface area (Å²) in [6.07, 6.45) is 11.1. The number of hydrogen-bond acceptors (Lipinski definition) is 2. The average Bonchev–Trinajstić information content (AvgIpc) is 3.04. The SMILES string of the molecule is CC.CC12CCC(O)CC1=CCC1C2CC[C@@]2(C)C1CC[C@@H]2CCC(F)(F)C(C)(C)O. The van der Waals surface area contributed by atoms with Gasteiger partial charge in [-0.15, -0.1) is 0 Å². The Morgan fingerprint density at radius 2 is 1.71 bits per heavy atom. The first kappa shape index (κ1) is 25.1. The van der Waals surface area contributed by atoms with Gasteiger partial charge in [-0.1, -0.05) is 39.3 Å². The zero-order valence-electron chi connectivity index (χ0n) is 20.7. The van der Waals surface area contributed by atoms with E-state index < -0.39 is 11.5 Å². The van der Waals surface area contributed by atoms with Crippen LogP contribution in [0, 0.1) is 34.5 Å². The molecule has 2 nitrogen and oxygen atoms in total. The van der Waals surface area contributed by atoms with Crippen molar-refractivity contribution in [1.29, 1.82) is 0 Å². The lowest BCUT2D eigenvalue weighted by molar-refractivity contribution is -0.169. The molecule has 0 aromatic carbocycles. The molecule has 0 aromatic rings. The third-order valence-corrected chi connectivity index (χ3v) is 9.98. The van der Waals surface area contributed by atoms with Crippen molar-refractivity contribution < 1.29 is 19.0 Å². The summed E-state index contributed by atoms with van der Waals surface area (Å²) in [6, 6.07) is 0. The molecular weight excluding hydrogens is 394 g/mol. The molecule has 0 saturated heterocycles. The highest BCUT2D eigenvalue weighted by Crippen LogP contribution is 2.66. The summed E-state index contributed by atoms with van der Waals surface area (Å²) in [4.78, 5) is 0. The van der Waals surface area contributed by atoms with Crippen molar-refractivity contribution in [1.82, 2.24) is 0 Å². The summed E-state index contributed by atoms with van der Waals surface area (Å²) in [6.45, 7) is 11.3. The fraction of sp³-hybridized carbons (Fsp3) is 0.926. The van der Waals surface area contributed by atoms with Crippen LogP contribution in [-0.2, 0) is 0 Å². The van der Waals surface area contributed by atoms with Gasteiger partial charge >= 0.3 is 0 Å². The minimum absolute atomic E-state index is 0.159. The van der Waals surface area contributed by atoms with Crippen LogP contribution in [0.3, 0.4) is 0 Å². The van der Waals surface area contributed by atoms with Gasteiger partial charge < -0.3 is 10.2 Å². The zero-order chi connectivity index (χ0) is 23.2. The molecule has 4 heteroatoms. The number of hydrogen-bond donors (Lipinski definition) is 2. The van der Waals surface area contributed by atoms with Gasteiger partial charge in [-0.25, -0.2) is 8.78 Å². The Morgan fingerprint density at radius 1 is 1.03 bits per heavy atom. The highest BCUT2D eigenvalue weighted by Gasteiger charge is 2.59. The van der Waals surface area contributed by atoms with Crippen LogP contribution in [0.5, 0.6) is 0 Å². The van der Waals surface area contributed by atoms with Crippen molar-refractivity contribution in [3.8, 4) is 0 Å². The highest BCUT2D eigenvalue weighted by molar-refractivity contribution is 5.25. The first-order valence-corrected chi connectivity index (χ1v) is 12.9. The number of aliphatic hydroxyl groups excluding tert-OH is 1. The highest BCUT2D eigenvalue weighted by atomic mass is 19.3. The molecule has 3 saturated carbocycles. The molecule has 5 unspecified atom stereocenters. The van der Waals surface area contributed by atoms with E-state index in [2.05, 4.69) is 19.9 Å². The van der Waals surface area contributed by atoms with Gasteiger partial charge in [0.25, 0.3) is 5.92 Å². The van der Waals surface area contributed by atoms with Crippen LogP contribution >= 0.6 is 0 Å². The van der Waals surface area contributed by atoms with Crippen molar-refractivity contribution in [2.24, 2.45) is 34.5 Å². The smallest absolute Gasteiger partial charge is 0.275 e. The van der Waals surface area contributed by atoms with Gasteiger partial charge in [-0.2, -0.15) is 0 Å². The Bertz CT molecular complexity index is 667. The van der Waals surface area contributed by atoms with Crippen molar-refractivity contribution in [3.63, 3.8) is 0 Å². The number of halogens is 2. The molecule has 0 bridgehead atoms. The molecule has 7 atom stereocenters. The van der Waals surface area contributed by atoms with Crippen LogP contribution in [0.25, 0.3) is 0 Å². The number of alkyl halides is 2. The van der Waals surface area contributed by atoms with Gasteiger partial charge in [0.15, 0.2) is 0 Å². The molecule has 0 aliphatic heterocycles. The molecule has 4 rings (SSSR count). The number of fused-ring (bicyclic) bond motifs is 5. The second-order valence-electron chi connectivity index (χ2n) is 11.8. The van der Waals surface area contributed by atoms with Gasteiger partial charge in [-0.3, -0.25) is 0 Å². The summed E-state index contributed by atoms with van der Waals surface area (Å²) in [5, 5.41) is 20.0. The quantitative estimate of drug-likeness (QED) is 0.456. The maximum absolute atomic E-state index is 14.4. The lowest BCUT2D eigenvalue weighted by Crippen LogP contribution is -2.50. The molecular formula is C27H46F2O2. The number of rotatable bonds is 4. The minimum Gasteiger partial charge on any atom is -0.393 e. The second-order valence-corrected chi connectivity index (χ2v) is 11.8. The molecule has 180 valence electrons. The monoisotopic (exact) mass is 440 g/mol. The molecule has 0 aromatic heterocycles. The molecule has 3 fully saturated rings. The summed E-state index contributed by atoms with van der Waals surface area (Å²) in [7, 11) is 0. The lowest BCUT2D eigenvalue weighted by Gasteiger charge is -2.58.